The number of hydrogen-bond acceptors (Lipinski definition) is 3. The molecule has 0 bridgehead atoms. The lowest BCUT2D eigenvalue weighted by Crippen LogP contribution is -2.48. The van der Waals surface area contributed by atoms with E-state index in [1.807, 2.05) is 0 Å². The first-order valence-corrected chi connectivity index (χ1v) is 8.74. The Labute approximate surface area is 117 Å². The van der Waals surface area contributed by atoms with Gasteiger partial charge in [-0.25, -0.2) is 0 Å². The number of nitrogens with one attached hydrogen (secondary N) is 1. The molecule has 2 aliphatic rings. The molecule has 0 spiro atoms. The third-order valence-electron chi connectivity index (χ3n) is 4.53. The van der Waals surface area contributed by atoms with Crippen molar-refractivity contribution in [1.29, 1.82) is 0 Å². The van der Waals surface area contributed by atoms with Gasteiger partial charge in [-0.2, -0.15) is 17.4 Å². The van der Waals surface area contributed by atoms with Crippen LogP contribution >= 0.6 is 0 Å². The van der Waals surface area contributed by atoms with Crippen molar-refractivity contribution in [3.05, 3.63) is 0 Å². The zero-order chi connectivity index (χ0) is 14.1. The summed E-state index contributed by atoms with van der Waals surface area (Å²) in [5.74, 6) is 0.483. The summed E-state index contributed by atoms with van der Waals surface area (Å²) < 4.78 is 29.1. The van der Waals surface area contributed by atoms with E-state index in [2.05, 4.69) is 18.6 Å². The van der Waals surface area contributed by atoms with Gasteiger partial charge in [0.1, 0.15) is 0 Å². The molecule has 5 nitrogen and oxygen atoms in total. The molecule has 2 fully saturated rings. The lowest BCUT2D eigenvalue weighted by Gasteiger charge is -2.31. The molecule has 1 saturated carbocycles. The minimum Gasteiger partial charge on any atom is -0.330 e. The fourth-order valence-electron chi connectivity index (χ4n) is 3.21. The number of rotatable bonds is 4. The smallest absolute Gasteiger partial charge is 0.279 e. The van der Waals surface area contributed by atoms with Crippen LogP contribution in [0.4, 0.5) is 0 Å². The molecule has 1 aliphatic heterocycles. The first kappa shape index (κ1) is 15.2. The van der Waals surface area contributed by atoms with Gasteiger partial charge < -0.3 is 5.73 Å². The Hall–Kier alpha value is -0.170. The van der Waals surface area contributed by atoms with Crippen LogP contribution in [0.15, 0.2) is 0 Å². The number of piperidine rings is 1. The fourth-order valence-corrected chi connectivity index (χ4v) is 4.67. The number of nitrogens with zero attached hydrogens (tertiary/aromatic N) is 1. The van der Waals surface area contributed by atoms with Gasteiger partial charge in [-0.1, -0.05) is 13.8 Å². The summed E-state index contributed by atoms with van der Waals surface area (Å²) in [6.07, 6.45) is 4.74. The van der Waals surface area contributed by atoms with Crippen molar-refractivity contribution in [3.63, 3.8) is 0 Å². The molecule has 0 aromatic rings. The van der Waals surface area contributed by atoms with Crippen LogP contribution in [0.25, 0.3) is 0 Å². The van der Waals surface area contributed by atoms with Crippen LogP contribution in [-0.2, 0) is 10.2 Å². The highest BCUT2D eigenvalue weighted by molar-refractivity contribution is 7.87. The highest BCUT2D eigenvalue weighted by Gasteiger charge is 2.35. The van der Waals surface area contributed by atoms with Crippen molar-refractivity contribution in [2.24, 2.45) is 17.1 Å². The predicted molar refractivity (Wildman–Crippen MR) is 76.8 cm³/mol. The fraction of sp³-hybridized carbons (Fsp3) is 1.00. The van der Waals surface area contributed by atoms with Crippen LogP contribution in [0.5, 0.6) is 0 Å². The third kappa shape index (κ3) is 3.90. The van der Waals surface area contributed by atoms with Crippen LogP contribution in [-0.4, -0.2) is 38.4 Å². The molecule has 3 N–H and O–H groups in total. The van der Waals surface area contributed by atoms with E-state index in [0.29, 0.717) is 25.6 Å². The Morgan fingerprint density at radius 3 is 2.37 bits per heavy atom. The van der Waals surface area contributed by atoms with Crippen molar-refractivity contribution >= 4 is 10.2 Å². The number of nitrogens with two attached hydrogens (primary N) is 1. The predicted octanol–water partition coefficient (Wildman–Crippen LogP) is 1.07. The van der Waals surface area contributed by atoms with Gasteiger partial charge in [0.15, 0.2) is 0 Å². The number of hydrogen-bond donors (Lipinski definition) is 2. The first-order valence-electron chi connectivity index (χ1n) is 7.30. The average Bonchev–Trinajstić information content (AvgIpc) is 2.68. The largest absolute Gasteiger partial charge is 0.330 e. The van der Waals surface area contributed by atoms with Crippen molar-refractivity contribution in [1.82, 2.24) is 9.03 Å². The lowest BCUT2D eigenvalue weighted by molar-refractivity contribution is 0.273. The van der Waals surface area contributed by atoms with Crippen LogP contribution in [0.1, 0.15) is 46.0 Å². The average molecular weight is 289 g/mol. The van der Waals surface area contributed by atoms with Gasteiger partial charge in [0.25, 0.3) is 10.2 Å². The second kappa shape index (κ2) is 5.68. The van der Waals surface area contributed by atoms with E-state index in [1.54, 1.807) is 4.31 Å². The Kier molecular flexibility index (Phi) is 4.55. The third-order valence-corrected chi connectivity index (χ3v) is 6.21. The van der Waals surface area contributed by atoms with Crippen LogP contribution in [0.2, 0.25) is 0 Å². The van der Waals surface area contributed by atoms with Crippen molar-refractivity contribution < 1.29 is 8.42 Å². The molecule has 0 radical (unpaired) electrons. The summed E-state index contributed by atoms with van der Waals surface area (Å²) in [5.41, 5.74) is 5.90. The summed E-state index contributed by atoms with van der Waals surface area (Å²) in [5, 5.41) is 0. The zero-order valence-electron chi connectivity index (χ0n) is 12.1. The zero-order valence-corrected chi connectivity index (χ0v) is 12.9. The Bertz CT molecular complexity index is 400. The quantitative estimate of drug-likeness (QED) is 0.813. The second-order valence-corrected chi connectivity index (χ2v) is 8.51. The van der Waals surface area contributed by atoms with Gasteiger partial charge in [-0.3, -0.25) is 0 Å². The molecular formula is C13H27N3O2S. The van der Waals surface area contributed by atoms with Crippen molar-refractivity contribution in [3.8, 4) is 0 Å². The van der Waals surface area contributed by atoms with Gasteiger partial charge in [-0.05, 0) is 50.0 Å². The summed E-state index contributed by atoms with van der Waals surface area (Å²) in [7, 11) is -3.31. The van der Waals surface area contributed by atoms with Gasteiger partial charge >= 0.3 is 0 Å². The molecule has 6 heteroatoms. The maximum atomic E-state index is 12.3. The topological polar surface area (TPSA) is 75.4 Å². The van der Waals surface area contributed by atoms with E-state index in [9.17, 15) is 8.42 Å². The molecule has 1 unspecified atom stereocenters. The molecule has 0 aromatic carbocycles. The molecule has 2 rings (SSSR count). The highest BCUT2D eigenvalue weighted by atomic mass is 32.2. The van der Waals surface area contributed by atoms with E-state index in [0.717, 1.165) is 32.1 Å². The highest BCUT2D eigenvalue weighted by Crippen LogP contribution is 2.37. The van der Waals surface area contributed by atoms with E-state index >= 15 is 0 Å². The van der Waals surface area contributed by atoms with Crippen LogP contribution in [0, 0.1) is 11.3 Å². The molecule has 19 heavy (non-hydrogen) atoms. The maximum Gasteiger partial charge on any atom is 0.279 e. The van der Waals surface area contributed by atoms with Gasteiger partial charge in [0.05, 0.1) is 0 Å². The molecule has 1 atom stereocenters. The molecule has 1 saturated heterocycles. The summed E-state index contributed by atoms with van der Waals surface area (Å²) >= 11 is 0. The summed E-state index contributed by atoms with van der Waals surface area (Å²) in [6.45, 7) is 6.28. The molecule has 0 aromatic heterocycles. The van der Waals surface area contributed by atoms with Gasteiger partial charge in [-0.15, -0.1) is 0 Å². The second-order valence-electron chi connectivity index (χ2n) is 6.80. The Morgan fingerprint density at radius 1 is 1.26 bits per heavy atom. The van der Waals surface area contributed by atoms with Crippen molar-refractivity contribution in [2.45, 2.75) is 52.0 Å². The monoisotopic (exact) mass is 289 g/mol. The standard InChI is InChI=1S/C13H27N3O2S/c1-13(2)6-3-12(9-13)15-19(17,18)16-7-4-11(10-14)5-8-16/h11-12,15H,3-10,14H2,1-2H3. The molecule has 1 heterocycles. The molecule has 1 aliphatic carbocycles. The minimum absolute atomic E-state index is 0.104. The Morgan fingerprint density at radius 2 is 1.89 bits per heavy atom. The van der Waals surface area contributed by atoms with E-state index in [1.165, 1.54) is 0 Å². The SMILES string of the molecule is CC1(C)CCC(NS(=O)(=O)N2CCC(CN)CC2)C1. The normalized spacial score (nSPS) is 29.7. The van der Waals surface area contributed by atoms with Gasteiger partial charge in [0.2, 0.25) is 0 Å². The first-order chi connectivity index (χ1) is 8.82. The van der Waals surface area contributed by atoms with Gasteiger partial charge in [0, 0.05) is 19.1 Å². The lowest BCUT2D eigenvalue weighted by atomic mass is 9.92. The molecule has 0 amide bonds. The van der Waals surface area contributed by atoms with E-state index in [4.69, 9.17) is 5.73 Å². The van der Waals surface area contributed by atoms with Crippen molar-refractivity contribution in [2.75, 3.05) is 19.6 Å². The summed E-state index contributed by atoms with van der Waals surface area (Å²) in [6, 6.07) is 0.104. The minimum atomic E-state index is -3.31. The molecular weight excluding hydrogens is 262 g/mol. The maximum absolute atomic E-state index is 12.3. The molecule has 112 valence electrons. The van der Waals surface area contributed by atoms with E-state index in [-0.39, 0.29) is 11.5 Å². The Balaban J connectivity index is 1.89. The summed E-state index contributed by atoms with van der Waals surface area (Å²) in [4.78, 5) is 0. The van der Waals surface area contributed by atoms with Crippen LogP contribution < -0.4 is 10.5 Å². The van der Waals surface area contributed by atoms with E-state index < -0.39 is 10.2 Å². The van der Waals surface area contributed by atoms with Crippen LogP contribution in [0.3, 0.4) is 0 Å².